The lowest BCUT2D eigenvalue weighted by molar-refractivity contribution is 0.637. The van der Waals surface area contributed by atoms with Crippen LogP contribution in [0, 0.1) is 17.1 Å². The van der Waals surface area contributed by atoms with Gasteiger partial charge < -0.3 is 5.32 Å². The summed E-state index contributed by atoms with van der Waals surface area (Å²) in [5, 5.41) is 12.6. The number of rotatable bonds is 5. The molecule has 6 heteroatoms. The Morgan fingerprint density at radius 3 is 2.58 bits per heavy atom. The van der Waals surface area contributed by atoms with Crippen LogP contribution in [-0.2, 0) is 0 Å². The number of aromatic nitrogens is 2. The van der Waals surface area contributed by atoms with Crippen LogP contribution in [0.15, 0.2) is 66.3 Å². The van der Waals surface area contributed by atoms with Crippen molar-refractivity contribution in [2.75, 3.05) is 12.4 Å². The number of nitrogens with one attached hydrogen (secondary N) is 1. The van der Waals surface area contributed by atoms with Gasteiger partial charge in [0.25, 0.3) is 0 Å². The van der Waals surface area contributed by atoms with Crippen molar-refractivity contribution in [1.82, 2.24) is 9.97 Å². The molecule has 0 radical (unpaired) electrons. The summed E-state index contributed by atoms with van der Waals surface area (Å²) in [6, 6.07) is 12.3. The number of anilines is 1. The van der Waals surface area contributed by atoms with Crippen molar-refractivity contribution in [3.8, 4) is 17.2 Å². The minimum Gasteiger partial charge on any atom is -0.373 e. The summed E-state index contributed by atoms with van der Waals surface area (Å²) >= 11 is 0. The van der Waals surface area contributed by atoms with Crippen molar-refractivity contribution in [2.24, 2.45) is 4.99 Å². The van der Waals surface area contributed by atoms with Crippen LogP contribution in [-0.4, -0.2) is 22.7 Å². The zero-order valence-corrected chi connectivity index (χ0v) is 18.3. The Morgan fingerprint density at radius 2 is 1.97 bits per heavy atom. The molecular formula is C25H26FN5. The molecule has 0 atom stereocenters. The Hall–Kier alpha value is -3.85. The Morgan fingerprint density at radius 1 is 1.23 bits per heavy atom. The highest BCUT2D eigenvalue weighted by molar-refractivity contribution is 6.08. The molecule has 1 N–H and O–H groups in total. The van der Waals surface area contributed by atoms with E-state index in [1.54, 1.807) is 43.6 Å². The maximum Gasteiger partial charge on any atom is 0.180 e. The Kier molecular flexibility index (Phi) is 8.59. The molecule has 0 aliphatic heterocycles. The smallest absolute Gasteiger partial charge is 0.180 e. The second kappa shape index (κ2) is 11.4. The molecule has 0 amide bonds. The highest BCUT2D eigenvalue weighted by Crippen LogP contribution is 2.30. The summed E-state index contributed by atoms with van der Waals surface area (Å²) in [7, 11) is 1.71. The van der Waals surface area contributed by atoms with E-state index < -0.39 is 5.82 Å². The lowest BCUT2D eigenvalue weighted by atomic mass is 10.0. The van der Waals surface area contributed by atoms with E-state index in [2.05, 4.69) is 46.8 Å². The standard InChI is InChI=1S/C22H18FN5.C3H8/c1-4-9-26-19(5-2)22-27-20-17(21(25-3)28-22)11-16(12-18(20)23)15-8-6-7-14(10-15)13-24;1-3-2/h4-12H,2H2,1,3H3,(H,25,27,28);3H2,1-2H3/b9-4-,26-19?;. The number of aliphatic imine (C=N–C) groups is 1. The number of hydrogen-bond donors (Lipinski definition) is 1. The highest BCUT2D eigenvalue weighted by Gasteiger charge is 2.15. The zero-order chi connectivity index (χ0) is 22.8. The average molecular weight is 416 g/mol. The van der Waals surface area contributed by atoms with Crippen molar-refractivity contribution in [1.29, 1.82) is 5.26 Å². The third-order valence-electron chi connectivity index (χ3n) is 4.10. The van der Waals surface area contributed by atoms with Gasteiger partial charge in [-0.15, -0.1) is 0 Å². The van der Waals surface area contributed by atoms with Crippen molar-refractivity contribution in [3.05, 3.63) is 78.5 Å². The summed E-state index contributed by atoms with van der Waals surface area (Å²) in [5.74, 6) is 0.278. The van der Waals surface area contributed by atoms with Gasteiger partial charge in [0.2, 0.25) is 0 Å². The first kappa shape index (κ1) is 23.4. The minimum absolute atomic E-state index is 0.185. The molecule has 0 fully saturated rings. The number of hydrogen-bond acceptors (Lipinski definition) is 5. The predicted octanol–water partition coefficient (Wildman–Crippen LogP) is 6.27. The molecule has 5 nitrogen and oxygen atoms in total. The van der Waals surface area contributed by atoms with E-state index in [-0.39, 0.29) is 11.3 Å². The van der Waals surface area contributed by atoms with Gasteiger partial charge in [-0.25, -0.2) is 14.4 Å². The lowest BCUT2D eigenvalue weighted by Crippen LogP contribution is -2.08. The van der Waals surface area contributed by atoms with E-state index in [0.29, 0.717) is 28.0 Å². The van der Waals surface area contributed by atoms with E-state index in [0.717, 1.165) is 5.56 Å². The van der Waals surface area contributed by atoms with E-state index in [1.807, 2.05) is 13.0 Å². The van der Waals surface area contributed by atoms with Crippen LogP contribution in [0.4, 0.5) is 10.2 Å². The molecule has 1 aromatic heterocycles. The molecule has 2 aromatic carbocycles. The monoisotopic (exact) mass is 415 g/mol. The fourth-order valence-electron chi connectivity index (χ4n) is 2.79. The van der Waals surface area contributed by atoms with Gasteiger partial charge in [0.1, 0.15) is 22.9 Å². The maximum absolute atomic E-state index is 15.0. The first-order valence-electron chi connectivity index (χ1n) is 10.0. The molecule has 0 unspecified atom stereocenters. The summed E-state index contributed by atoms with van der Waals surface area (Å²) in [6.45, 7) is 9.82. The van der Waals surface area contributed by atoms with Crippen LogP contribution in [0.25, 0.3) is 22.0 Å². The van der Waals surface area contributed by atoms with Gasteiger partial charge in [-0.05, 0) is 48.4 Å². The Labute approximate surface area is 182 Å². The van der Waals surface area contributed by atoms with Crippen LogP contribution in [0.3, 0.4) is 0 Å². The largest absolute Gasteiger partial charge is 0.373 e. The number of allylic oxidation sites excluding steroid dienone is 2. The molecule has 3 aromatic rings. The van der Waals surface area contributed by atoms with Gasteiger partial charge >= 0.3 is 0 Å². The Balaban J connectivity index is 0.00000107. The third kappa shape index (κ3) is 5.61. The van der Waals surface area contributed by atoms with Gasteiger partial charge in [-0.3, -0.25) is 4.99 Å². The van der Waals surface area contributed by atoms with Crippen LogP contribution in [0.5, 0.6) is 0 Å². The number of halogens is 1. The number of nitrogens with zero attached hydrogens (tertiary/aromatic N) is 4. The fraction of sp³-hybridized carbons (Fsp3) is 0.200. The van der Waals surface area contributed by atoms with E-state index in [9.17, 15) is 4.39 Å². The summed E-state index contributed by atoms with van der Waals surface area (Å²) in [6.07, 6.45) is 6.15. The summed E-state index contributed by atoms with van der Waals surface area (Å²) in [5.41, 5.74) is 2.52. The van der Waals surface area contributed by atoms with Crippen LogP contribution in [0.1, 0.15) is 38.6 Å². The van der Waals surface area contributed by atoms with Crippen molar-refractivity contribution >= 4 is 22.4 Å². The van der Waals surface area contributed by atoms with Gasteiger partial charge in [0.05, 0.1) is 11.6 Å². The molecule has 0 aliphatic rings. The van der Waals surface area contributed by atoms with Crippen LogP contribution >= 0.6 is 0 Å². The fourth-order valence-corrected chi connectivity index (χ4v) is 2.79. The quantitative estimate of drug-likeness (QED) is 0.498. The molecule has 0 saturated heterocycles. The predicted molar refractivity (Wildman–Crippen MR) is 127 cm³/mol. The van der Waals surface area contributed by atoms with E-state index >= 15 is 0 Å². The highest BCUT2D eigenvalue weighted by atomic mass is 19.1. The third-order valence-corrected chi connectivity index (χ3v) is 4.10. The first-order valence-corrected chi connectivity index (χ1v) is 10.0. The number of nitriles is 1. The topological polar surface area (TPSA) is 74.0 Å². The normalized spacial score (nSPS) is 11.0. The van der Waals surface area contributed by atoms with E-state index in [4.69, 9.17) is 5.26 Å². The molecule has 0 aliphatic carbocycles. The lowest BCUT2D eigenvalue weighted by Gasteiger charge is -2.11. The molecule has 0 spiro atoms. The maximum atomic E-state index is 15.0. The Bertz CT molecular complexity index is 1170. The van der Waals surface area contributed by atoms with Gasteiger partial charge in [-0.1, -0.05) is 45.1 Å². The molecule has 0 saturated carbocycles. The SMILES string of the molecule is C=CC(=N/C=C\C)c1nc(NC)c2cc(-c3cccc(C#N)c3)cc(F)c2n1.CCC. The second-order valence-corrected chi connectivity index (χ2v) is 6.60. The van der Waals surface area contributed by atoms with Crippen LogP contribution in [0.2, 0.25) is 0 Å². The summed E-state index contributed by atoms with van der Waals surface area (Å²) < 4.78 is 15.0. The number of fused-ring (bicyclic) bond motifs is 1. The van der Waals surface area contributed by atoms with Gasteiger partial charge in [0.15, 0.2) is 5.82 Å². The number of benzene rings is 2. The van der Waals surface area contributed by atoms with Crippen molar-refractivity contribution < 1.29 is 4.39 Å². The van der Waals surface area contributed by atoms with Crippen molar-refractivity contribution in [2.45, 2.75) is 27.2 Å². The summed E-state index contributed by atoms with van der Waals surface area (Å²) in [4.78, 5) is 13.1. The van der Waals surface area contributed by atoms with Gasteiger partial charge in [-0.2, -0.15) is 5.26 Å². The second-order valence-electron chi connectivity index (χ2n) is 6.60. The molecule has 1 heterocycles. The molecule has 3 rings (SSSR count). The van der Waals surface area contributed by atoms with E-state index in [1.165, 1.54) is 18.6 Å². The zero-order valence-electron chi connectivity index (χ0n) is 18.3. The minimum atomic E-state index is -0.482. The first-order chi connectivity index (χ1) is 15.0. The average Bonchev–Trinajstić information content (AvgIpc) is 2.79. The molecular weight excluding hydrogens is 389 g/mol. The van der Waals surface area contributed by atoms with Crippen LogP contribution < -0.4 is 5.32 Å². The molecule has 31 heavy (non-hydrogen) atoms. The molecule has 158 valence electrons. The van der Waals surface area contributed by atoms with Gasteiger partial charge in [0, 0.05) is 18.6 Å². The van der Waals surface area contributed by atoms with Crippen molar-refractivity contribution in [3.63, 3.8) is 0 Å². The molecule has 0 bridgehead atoms.